The predicted molar refractivity (Wildman–Crippen MR) is 116 cm³/mol. The average Bonchev–Trinajstić information content (AvgIpc) is 3.10. The van der Waals surface area contributed by atoms with Gasteiger partial charge in [0.25, 0.3) is 11.8 Å². The molecular formula is C23H27N3O3. The third kappa shape index (κ3) is 5.16. The lowest BCUT2D eigenvalue weighted by atomic mass is 9.87. The van der Waals surface area contributed by atoms with Crippen molar-refractivity contribution in [1.29, 1.82) is 0 Å². The number of carbonyl (C=O) groups is 2. The smallest absolute Gasteiger partial charge is 0.272 e. The number of aromatic amines is 1. The second-order valence-corrected chi connectivity index (χ2v) is 7.96. The summed E-state index contributed by atoms with van der Waals surface area (Å²) in [5.74, 6) is 0.0922. The summed E-state index contributed by atoms with van der Waals surface area (Å²) >= 11 is 0. The predicted octanol–water partition coefficient (Wildman–Crippen LogP) is 4.23. The third-order valence-electron chi connectivity index (χ3n) is 4.57. The zero-order valence-electron chi connectivity index (χ0n) is 17.3. The molecule has 1 aromatic heterocycles. The Kier molecular flexibility index (Phi) is 5.92. The molecule has 152 valence electrons. The Labute approximate surface area is 170 Å². The van der Waals surface area contributed by atoms with Gasteiger partial charge in [-0.1, -0.05) is 39.0 Å². The van der Waals surface area contributed by atoms with Crippen molar-refractivity contribution in [3.63, 3.8) is 0 Å². The number of ether oxygens (including phenoxy) is 1. The van der Waals surface area contributed by atoms with Gasteiger partial charge in [-0.3, -0.25) is 9.59 Å². The molecule has 3 aromatic rings. The van der Waals surface area contributed by atoms with Crippen LogP contribution in [0.1, 0.15) is 43.7 Å². The maximum Gasteiger partial charge on any atom is 0.272 e. The van der Waals surface area contributed by atoms with Gasteiger partial charge < -0.3 is 20.4 Å². The third-order valence-corrected chi connectivity index (χ3v) is 4.57. The first-order valence-electron chi connectivity index (χ1n) is 9.70. The van der Waals surface area contributed by atoms with Crippen molar-refractivity contribution < 1.29 is 14.3 Å². The van der Waals surface area contributed by atoms with Crippen molar-refractivity contribution in [2.45, 2.75) is 33.1 Å². The largest absolute Gasteiger partial charge is 0.484 e. The summed E-state index contributed by atoms with van der Waals surface area (Å²) in [5, 5.41) is 6.53. The highest BCUT2D eigenvalue weighted by Crippen LogP contribution is 2.26. The summed E-state index contributed by atoms with van der Waals surface area (Å²) in [6.45, 7) is 8.81. The number of likely N-dealkylation sites (N-methyl/N-ethyl adjacent to an activating group) is 1. The van der Waals surface area contributed by atoms with Crippen LogP contribution >= 0.6 is 0 Å². The van der Waals surface area contributed by atoms with Crippen LogP contribution in [0.15, 0.2) is 48.5 Å². The van der Waals surface area contributed by atoms with E-state index in [-0.39, 0.29) is 23.8 Å². The normalized spacial score (nSPS) is 11.3. The van der Waals surface area contributed by atoms with E-state index >= 15 is 0 Å². The van der Waals surface area contributed by atoms with Crippen molar-refractivity contribution >= 4 is 28.4 Å². The zero-order chi connectivity index (χ0) is 21.0. The first-order chi connectivity index (χ1) is 13.8. The van der Waals surface area contributed by atoms with Gasteiger partial charge in [0.2, 0.25) is 0 Å². The molecule has 0 spiro atoms. The molecule has 0 unspecified atom stereocenters. The topological polar surface area (TPSA) is 83.2 Å². The molecular weight excluding hydrogens is 366 g/mol. The number of H-pyrrole nitrogens is 1. The Morgan fingerprint density at radius 3 is 2.59 bits per heavy atom. The quantitative estimate of drug-likeness (QED) is 0.586. The minimum atomic E-state index is -0.237. The zero-order valence-corrected chi connectivity index (χ0v) is 17.3. The highest BCUT2D eigenvalue weighted by atomic mass is 16.5. The van der Waals surface area contributed by atoms with Crippen molar-refractivity contribution in [2.24, 2.45) is 0 Å². The van der Waals surface area contributed by atoms with Crippen molar-refractivity contribution in [3.05, 3.63) is 59.8 Å². The summed E-state index contributed by atoms with van der Waals surface area (Å²) in [5.41, 5.74) is 3.26. The van der Waals surface area contributed by atoms with Crippen LogP contribution in [0.4, 0.5) is 5.69 Å². The van der Waals surface area contributed by atoms with E-state index in [0.717, 1.165) is 10.9 Å². The summed E-state index contributed by atoms with van der Waals surface area (Å²) < 4.78 is 5.47. The molecule has 0 aliphatic rings. The molecule has 3 N–H and O–H groups in total. The number of fused-ring (bicyclic) bond motifs is 1. The Hall–Kier alpha value is -3.28. The van der Waals surface area contributed by atoms with Crippen molar-refractivity contribution in [2.75, 3.05) is 18.5 Å². The van der Waals surface area contributed by atoms with E-state index in [9.17, 15) is 9.59 Å². The molecule has 1 heterocycles. The lowest BCUT2D eigenvalue weighted by Crippen LogP contribution is -2.28. The summed E-state index contributed by atoms with van der Waals surface area (Å²) in [6, 6.07) is 15.0. The second kappa shape index (κ2) is 8.39. The van der Waals surface area contributed by atoms with E-state index in [1.54, 1.807) is 24.3 Å². The van der Waals surface area contributed by atoms with E-state index in [0.29, 0.717) is 23.7 Å². The van der Waals surface area contributed by atoms with Gasteiger partial charge in [-0.05, 0) is 42.2 Å². The van der Waals surface area contributed by atoms with Gasteiger partial charge in [-0.15, -0.1) is 0 Å². The number of rotatable bonds is 6. The Bertz CT molecular complexity index is 1030. The van der Waals surface area contributed by atoms with Crippen LogP contribution in [0, 0.1) is 0 Å². The number of aromatic nitrogens is 1. The Morgan fingerprint density at radius 2 is 1.86 bits per heavy atom. The van der Waals surface area contributed by atoms with Gasteiger partial charge in [0.05, 0.1) is 0 Å². The van der Waals surface area contributed by atoms with Crippen LogP contribution in [0.5, 0.6) is 5.75 Å². The molecule has 0 aliphatic carbocycles. The summed E-state index contributed by atoms with van der Waals surface area (Å²) in [4.78, 5) is 27.4. The lowest BCUT2D eigenvalue weighted by molar-refractivity contribution is -0.122. The molecule has 0 radical (unpaired) electrons. The number of carbonyl (C=O) groups excluding carboxylic acids is 2. The Morgan fingerprint density at radius 1 is 1.07 bits per heavy atom. The van der Waals surface area contributed by atoms with Gasteiger partial charge in [0.1, 0.15) is 11.4 Å². The molecule has 0 aliphatic heterocycles. The van der Waals surface area contributed by atoms with Crippen LogP contribution in [-0.2, 0) is 10.2 Å². The van der Waals surface area contributed by atoms with E-state index in [4.69, 9.17) is 4.74 Å². The van der Waals surface area contributed by atoms with Crippen LogP contribution < -0.4 is 15.4 Å². The van der Waals surface area contributed by atoms with E-state index < -0.39 is 0 Å². The van der Waals surface area contributed by atoms with Crippen LogP contribution in [0.25, 0.3) is 10.9 Å². The molecule has 0 saturated heterocycles. The molecule has 0 bridgehead atoms. The molecule has 2 aromatic carbocycles. The average molecular weight is 393 g/mol. The minimum absolute atomic E-state index is 0.0379. The van der Waals surface area contributed by atoms with Crippen molar-refractivity contribution in [1.82, 2.24) is 10.3 Å². The van der Waals surface area contributed by atoms with E-state index in [2.05, 4.69) is 48.5 Å². The molecule has 0 atom stereocenters. The molecule has 29 heavy (non-hydrogen) atoms. The number of benzene rings is 2. The van der Waals surface area contributed by atoms with Crippen LogP contribution in [0.2, 0.25) is 0 Å². The highest BCUT2D eigenvalue weighted by Gasteiger charge is 2.16. The summed E-state index contributed by atoms with van der Waals surface area (Å²) in [6.07, 6.45) is 0. The standard InChI is InChI=1S/C23H27N3O3/c1-5-24-21(27)14-29-18-8-6-7-17(13-18)25-22(28)20-11-15-9-10-16(23(2,3)4)12-19(15)26-20/h6-13,26H,5,14H2,1-4H3,(H,24,27)(H,25,28). The van der Waals surface area contributed by atoms with Gasteiger partial charge in [-0.2, -0.15) is 0 Å². The first-order valence-corrected chi connectivity index (χ1v) is 9.70. The fourth-order valence-corrected chi connectivity index (χ4v) is 2.98. The molecule has 6 nitrogen and oxygen atoms in total. The molecule has 0 saturated carbocycles. The van der Waals surface area contributed by atoms with Gasteiger partial charge in [0.15, 0.2) is 6.61 Å². The van der Waals surface area contributed by atoms with Crippen LogP contribution in [-0.4, -0.2) is 29.9 Å². The van der Waals surface area contributed by atoms with Gasteiger partial charge in [0, 0.05) is 29.2 Å². The minimum Gasteiger partial charge on any atom is -0.484 e. The molecule has 2 amide bonds. The van der Waals surface area contributed by atoms with Crippen molar-refractivity contribution in [3.8, 4) is 5.75 Å². The highest BCUT2D eigenvalue weighted by molar-refractivity contribution is 6.06. The van der Waals surface area contributed by atoms with E-state index in [1.165, 1.54) is 5.56 Å². The lowest BCUT2D eigenvalue weighted by Gasteiger charge is -2.18. The maximum absolute atomic E-state index is 12.7. The molecule has 3 rings (SSSR count). The number of anilines is 1. The monoisotopic (exact) mass is 393 g/mol. The number of amides is 2. The number of hydrogen-bond acceptors (Lipinski definition) is 3. The second-order valence-electron chi connectivity index (χ2n) is 7.96. The fraction of sp³-hybridized carbons (Fsp3) is 0.304. The van der Waals surface area contributed by atoms with E-state index in [1.807, 2.05) is 19.1 Å². The maximum atomic E-state index is 12.7. The molecule has 0 fully saturated rings. The summed E-state index contributed by atoms with van der Waals surface area (Å²) in [7, 11) is 0. The van der Waals surface area contributed by atoms with Gasteiger partial charge >= 0.3 is 0 Å². The van der Waals surface area contributed by atoms with Gasteiger partial charge in [-0.25, -0.2) is 0 Å². The fourth-order valence-electron chi connectivity index (χ4n) is 2.98. The number of hydrogen-bond donors (Lipinski definition) is 3. The Balaban J connectivity index is 1.71. The number of nitrogens with one attached hydrogen (secondary N) is 3. The first kappa shape index (κ1) is 20.5. The molecule has 6 heteroatoms. The SMILES string of the molecule is CCNC(=O)COc1cccc(NC(=O)c2cc3ccc(C(C)(C)C)cc3[nH]2)c1. The van der Waals surface area contributed by atoms with Crippen LogP contribution in [0.3, 0.4) is 0 Å².